The molecule has 7 heteroatoms. The van der Waals surface area contributed by atoms with Gasteiger partial charge in [0.15, 0.2) is 0 Å². The summed E-state index contributed by atoms with van der Waals surface area (Å²) in [6.07, 6.45) is 0. The van der Waals surface area contributed by atoms with E-state index in [1.54, 1.807) is 24.3 Å². The van der Waals surface area contributed by atoms with Crippen LogP contribution in [0.4, 0.5) is 4.39 Å². The molecule has 108 valence electrons. The van der Waals surface area contributed by atoms with Crippen molar-refractivity contribution < 1.29 is 4.39 Å². The Kier molecular flexibility index (Phi) is 3.82. The molecule has 1 aromatic heterocycles. The SMILES string of the molecule is O=c1[nH]c2cc(Br)c(C(Cl)c3cccc(F)c3Cl)cc2[nH]1. The van der Waals surface area contributed by atoms with Gasteiger partial charge < -0.3 is 9.97 Å². The van der Waals surface area contributed by atoms with Gasteiger partial charge in [0.25, 0.3) is 0 Å². The molecule has 3 nitrogen and oxygen atoms in total. The van der Waals surface area contributed by atoms with Crippen molar-refractivity contribution in [3.63, 3.8) is 0 Å². The smallest absolute Gasteiger partial charge is 0.306 e. The Labute approximate surface area is 137 Å². The number of hydrogen-bond donors (Lipinski definition) is 2. The van der Waals surface area contributed by atoms with Crippen LogP contribution in [0.2, 0.25) is 5.02 Å². The lowest BCUT2D eigenvalue weighted by molar-refractivity contribution is 0.626. The van der Waals surface area contributed by atoms with Crippen LogP contribution in [0.25, 0.3) is 11.0 Å². The van der Waals surface area contributed by atoms with Gasteiger partial charge in [-0.3, -0.25) is 0 Å². The van der Waals surface area contributed by atoms with Gasteiger partial charge in [-0.2, -0.15) is 0 Å². The minimum absolute atomic E-state index is 0.00735. The molecule has 2 N–H and O–H groups in total. The van der Waals surface area contributed by atoms with Crippen molar-refractivity contribution in [3.8, 4) is 0 Å². The summed E-state index contributed by atoms with van der Waals surface area (Å²) in [5.74, 6) is -0.521. The molecule has 1 heterocycles. The van der Waals surface area contributed by atoms with E-state index in [-0.39, 0.29) is 10.7 Å². The third kappa shape index (κ3) is 2.61. The van der Waals surface area contributed by atoms with Crippen LogP contribution in [0, 0.1) is 5.82 Å². The molecule has 21 heavy (non-hydrogen) atoms. The Morgan fingerprint density at radius 3 is 2.52 bits per heavy atom. The average molecular weight is 390 g/mol. The molecule has 0 aliphatic carbocycles. The lowest BCUT2D eigenvalue weighted by Gasteiger charge is -2.14. The Morgan fingerprint density at radius 1 is 1.14 bits per heavy atom. The summed E-state index contributed by atoms with van der Waals surface area (Å²) in [5.41, 5.74) is 2.13. The Bertz CT molecular complexity index is 890. The molecule has 0 saturated carbocycles. The summed E-state index contributed by atoms with van der Waals surface area (Å²) in [6.45, 7) is 0. The lowest BCUT2D eigenvalue weighted by atomic mass is 10.0. The summed E-state index contributed by atoms with van der Waals surface area (Å²) in [5, 5.41) is -0.655. The summed E-state index contributed by atoms with van der Waals surface area (Å²) >= 11 is 15.8. The van der Waals surface area contributed by atoms with E-state index in [1.807, 2.05) is 0 Å². The van der Waals surface area contributed by atoms with Crippen molar-refractivity contribution in [2.24, 2.45) is 0 Å². The molecule has 1 atom stereocenters. The molecule has 1 unspecified atom stereocenters. The molecule has 2 aromatic carbocycles. The number of halogens is 4. The predicted octanol–water partition coefficient (Wildman–Crippen LogP) is 4.74. The van der Waals surface area contributed by atoms with Gasteiger partial charge in [0.2, 0.25) is 0 Å². The maximum absolute atomic E-state index is 13.6. The van der Waals surface area contributed by atoms with Gasteiger partial charge in [-0.1, -0.05) is 39.7 Å². The fourth-order valence-corrected chi connectivity index (χ4v) is 3.51. The topological polar surface area (TPSA) is 48.6 Å². The fourth-order valence-electron chi connectivity index (χ4n) is 2.15. The summed E-state index contributed by atoms with van der Waals surface area (Å²) in [4.78, 5) is 16.6. The lowest BCUT2D eigenvalue weighted by Crippen LogP contribution is -1.99. The molecule has 0 bridgehead atoms. The van der Waals surface area contributed by atoms with E-state index in [0.717, 1.165) is 0 Å². The second kappa shape index (κ2) is 5.48. The van der Waals surface area contributed by atoms with E-state index in [4.69, 9.17) is 23.2 Å². The third-order valence-corrected chi connectivity index (χ3v) is 4.72. The number of imidazole rings is 1. The van der Waals surface area contributed by atoms with E-state index in [2.05, 4.69) is 25.9 Å². The Hall–Kier alpha value is -1.30. The molecule has 0 radical (unpaired) electrons. The van der Waals surface area contributed by atoms with Crippen molar-refractivity contribution in [1.29, 1.82) is 0 Å². The first-order chi connectivity index (χ1) is 9.97. The van der Waals surface area contributed by atoms with Crippen molar-refractivity contribution >= 4 is 50.2 Å². The second-order valence-corrected chi connectivity index (χ2v) is 6.17. The predicted molar refractivity (Wildman–Crippen MR) is 85.7 cm³/mol. The van der Waals surface area contributed by atoms with Crippen LogP contribution < -0.4 is 5.69 Å². The van der Waals surface area contributed by atoms with Gasteiger partial charge in [0.1, 0.15) is 5.82 Å². The minimum Gasteiger partial charge on any atom is -0.306 e. The second-order valence-electron chi connectivity index (χ2n) is 4.50. The number of alkyl halides is 1. The molecule has 0 aliphatic rings. The molecule has 0 amide bonds. The number of H-pyrrole nitrogens is 2. The summed E-state index contributed by atoms with van der Waals surface area (Å²) in [7, 11) is 0. The molecule has 3 aromatic rings. The summed E-state index contributed by atoms with van der Waals surface area (Å²) < 4.78 is 14.3. The maximum Gasteiger partial charge on any atom is 0.323 e. The van der Waals surface area contributed by atoms with Crippen molar-refractivity contribution in [2.45, 2.75) is 5.38 Å². The van der Waals surface area contributed by atoms with Crippen LogP contribution in [-0.2, 0) is 0 Å². The third-order valence-electron chi connectivity index (χ3n) is 3.16. The molecule has 0 aliphatic heterocycles. The first kappa shape index (κ1) is 14.6. The van der Waals surface area contributed by atoms with Gasteiger partial charge in [-0.25, -0.2) is 9.18 Å². The van der Waals surface area contributed by atoms with E-state index in [0.29, 0.717) is 26.6 Å². The van der Waals surface area contributed by atoms with Crippen LogP contribution in [0.3, 0.4) is 0 Å². The number of aromatic amines is 2. The molecule has 0 spiro atoms. The molecular weight excluding hydrogens is 382 g/mol. The van der Waals surface area contributed by atoms with Gasteiger partial charge in [0.05, 0.1) is 21.4 Å². The molecule has 0 saturated heterocycles. The number of rotatable bonds is 2. The number of hydrogen-bond acceptors (Lipinski definition) is 1. The van der Waals surface area contributed by atoms with Crippen LogP contribution in [0.5, 0.6) is 0 Å². The van der Waals surface area contributed by atoms with Gasteiger partial charge in [0, 0.05) is 4.47 Å². The fraction of sp³-hybridized carbons (Fsp3) is 0.0714. The molecule has 0 fully saturated rings. The van der Waals surface area contributed by atoms with Crippen molar-refractivity contribution in [2.75, 3.05) is 0 Å². The first-order valence-electron chi connectivity index (χ1n) is 5.97. The van der Waals surface area contributed by atoms with Crippen LogP contribution in [0.1, 0.15) is 16.5 Å². The normalized spacial score (nSPS) is 12.8. The highest BCUT2D eigenvalue weighted by molar-refractivity contribution is 9.10. The molecule has 3 rings (SSSR count). The zero-order chi connectivity index (χ0) is 15.1. The van der Waals surface area contributed by atoms with Crippen molar-refractivity contribution in [1.82, 2.24) is 9.97 Å². The number of nitrogens with one attached hydrogen (secondary N) is 2. The zero-order valence-corrected chi connectivity index (χ0v) is 13.5. The quantitative estimate of drug-likeness (QED) is 0.611. The summed E-state index contributed by atoms with van der Waals surface area (Å²) in [6, 6.07) is 7.97. The first-order valence-corrected chi connectivity index (χ1v) is 7.57. The van der Waals surface area contributed by atoms with Gasteiger partial charge in [-0.05, 0) is 29.3 Å². The number of fused-ring (bicyclic) bond motifs is 1. The highest BCUT2D eigenvalue weighted by Crippen LogP contribution is 2.39. The van der Waals surface area contributed by atoms with Crippen LogP contribution in [-0.4, -0.2) is 9.97 Å². The van der Waals surface area contributed by atoms with Gasteiger partial charge >= 0.3 is 5.69 Å². The monoisotopic (exact) mass is 388 g/mol. The Balaban J connectivity index is 2.16. The highest BCUT2D eigenvalue weighted by Gasteiger charge is 2.19. The largest absolute Gasteiger partial charge is 0.323 e. The minimum atomic E-state index is -0.648. The van der Waals surface area contributed by atoms with E-state index < -0.39 is 11.2 Å². The maximum atomic E-state index is 13.6. The van der Waals surface area contributed by atoms with Crippen molar-refractivity contribution in [3.05, 3.63) is 67.3 Å². The average Bonchev–Trinajstić information content (AvgIpc) is 2.79. The standard InChI is InChI=1S/C14H8BrCl2FN2O/c15-8-5-11-10(19-14(21)20-11)4-7(8)12(16)6-2-1-3-9(18)13(6)17/h1-5,12H,(H2,19,20,21). The van der Waals surface area contributed by atoms with E-state index >= 15 is 0 Å². The zero-order valence-electron chi connectivity index (χ0n) is 10.4. The number of benzene rings is 2. The van der Waals surface area contributed by atoms with E-state index in [9.17, 15) is 9.18 Å². The van der Waals surface area contributed by atoms with Crippen LogP contribution >= 0.6 is 39.1 Å². The van der Waals surface area contributed by atoms with E-state index in [1.165, 1.54) is 6.07 Å². The van der Waals surface area contributed by atoms with Gasteiger partial charge in [-0.15, -0.1) is 11.6 Å². The number of aromatic nitrogens is 2. The highest BCUT2D eigenvalue weighted by atomic mass is 79.9. The molecular formula is C14H8BrCl2FN2O. The van der Waals surface area contributed by atoms with Crippen LogP contribution in [0.15, 0.2) is 39.6 Å². The Morgan fingerprint density at radius 2 is 1.81 bits per heavy atom.